The molecule has 0 bridgehead atoms. The van der Waals surface area contributed by atoms with E-state index >= 15 is 0 Å². The lowest BCUT2D eigenvalue weighted by Crippen LogP contribution is -2.52. The number of carbonyl (C=O) groups is 2. The third kappa shape index (κ3) is 4.69. The minimum absolute atomic E-state index is 0.180. The summed E-state index contributed by atoms with van der Waals surface area (Å²) < 4.78 is 21.1. The van der Waals surface area contributed by atoms with E-state index in [1.807, 2.05) is 25.1 Å². The van der Waals surface area contributed by atoms with Gasteiger partial charge in [-0.2, -0.15) is 0 Å². The van der Waals surface area contributed by atoms with E-state index in [0.29, 0.717) is 22.3 Å². The molecule has 2 N–H and O–H groups in total. The number of methoxy groups -OCH3 is 2. The molecule has 10 nitrogen and oxygen atoms in total. The lowest BCUT2D eigenvalue weighted by Gasteiger charge is -2.37. The number of ether oxygens (including phenoxy) is 4. The van der Waals surface area contributed by atoms with Crippen LogP contribution in [-0.2, 0) is 16.1 Å². The number of piperazine rings is 1. The molecule has 2 aliphatic heterocycles. The first kappa shape index (κ1) is 24.0. The van der Waals surface area contributed by atoms with E-state index < -0.39 is 5.97 Å². The summed E-state index contributed by atoms with van der Waals surface area (Å²) in [6.45, 7) is 6.16. The summed E-state index contributed by atoms with van der Waals surface area (Å²) >= 11 is 0. The Labute approximate surface area is 209 Å². The van der Waals surface area contributed by atoms with Crippen LogP contribution < -0.4 is 19.5 Å². The largest absolute Gasteiger partial charge is 0.497 e. The highest BCUT2D eigenvalue weighted by Crippen LogP contribution is 2.33. The predicted molar refractivity (Wildman–Crippen MR) is 134 cm³/mol. The highest BCUT2D eigenvalue weighted by Gasteiger charge is 2.28. The molecule has 0 unspecified atom stereocenters. The van der Waals surface area contributed by atoms with Gasteiger partial charge in [0.25, 0.3) is 0 Å². The molecule has 0 aliphatic carbocycles. The zero-order valence-electron chi connectivity index (χ0n) is 20.6. The maximum absolute atomic E-state index is 13.2. The van der Waals surface area contributed by atoms with Gasteiger partial charge in [0.1, 0.15) is 11.4 Å². The molecule has 0 radical (unpaired) electrons. The third-order valence-corrected chi connectivity index (χ3v) is 6.82. The van der Waals surface area contributed by atoms with E-state index in [1.165, 1.54) is 12.7 Å². The fourth-order valence-corrected chi connectivity index (χ4v) is 4.69. The number of benzene rings is 2. The van der Waals surface area contributed by atoms with Crippen molar-refractivity contribution in [3.63, 3.8) is 0 Å². The molecule has 190 valence electrons. The first-order chi connectivity index (χ1) is 17.5. The summed E-state index contributed by atoms with van der Waals surface area (Å²) in [5.41, 5.74) is 2.47. The van der Waals surface area contributed by atoms with Crippen LogP contribution in [0.25, 0.3) is 10.9 Å². The standard InChI is InChI=1S/C26H30N4O6/c1-16(30-10-8-29(9-11-30)14-17-4-7-21-22(12-17)36-15-35-21)25(31)28-23-19-6-5-18(33-2)13-20(19)27-24(23)26(32)34-3/h4-7,12-13,16,27H,8-11,14-15H2,1-3H3,(H,28,31)/t16-/m1/s1. The minimum Gasteiger partial charge on any atom is -0.497 e. The molecule has 1 amide bonds. The van der Waals surface area contributed by atoms with Crippen LogP contribution in [0.3, 0.4) is 0 Å². The van der Waals surface area contributed by atoms with E-state index in [9.17, 15) is 9.59 Å². The monoisotopic (exact) mass is 494 g/mol. The number of esters is 1. The smallest absolute Gasteiger partial charge is 0.356 e. The molecule has 1 saturated heterocycles. The molecule has 5 rings (SSSR count). The fourth-order valence-electron chi connectivity index (χ4n) is 4.69. The van der Waals surface area contributed by atoms with Crippen molar-refractivity contribution >= 4 is 28.5 Å². The number of H-pyrrole nitrogens is 1. The molecule has 0 saturated carbocycles. The summed E-state index contributed by atoms with van der Waals surface area (Å²) in [7, 11) is 2.89. The Morgan fingerprint density at radius 3 is 2.58 bits per heavy atom. The number of rotatable bonds is 7. The van der Waals surface area contributed by atoms with Crippen molar-refractivity contribution in [3.8, 4) is 17.2 Å². The maximum atomic E-state index is 13.2. The summed E-state index contributed by atoms with van der Waals surface area (Å²) in [6, 6.07) is 11.0. The van der Waals surface area contributed by atoms with Crippen LogP contribution in [0.15, 0.2) is 36.4 Å². The van der Waals surface area contributed by atoms with Crippen molar-refractivity contribution < 1.29 is 28.5 Å². The Morgan fingerprint density at radius 1 is 1.06 bits per heavy atom. The van der Waals surface area contributed by atoms with Gasteiger partial charge in [-0.05, 0) is 36.8 Å². The van der Waals surface area contributed by atoms with Crippen LogP contribution in [0.2, 0.25) is 0 Å². The van der Waals surface area contributed by atoms with Gasteiger partial charge in [0.15, 0.2) is 11.5 Å². The third-order valence-electron chi connectivity index (χ3n) is 6.82. The topological polar surface area (TPSA) is 105 Å². The highest BCUT2D eigenvalue weighted by molar-refractivity contribution is 6.11. The van der Waals surface area contributed by atoms with Crippen molar-refractivity contribution in [1.82, 2.24) is 14.8 Å². The van der Waals surface area contributed by atoms with Gasteiger partial charge in [0.2, 0.25) is 12.7 Å². The zero-order valence-corrected chi connectivity index (χ0v) is 20.6. The van der Waals surface area contributed by atoms with E-state index in [0.717, 1.165) is 44.2 Å². The molecular formula is C26H30N4O6. The molecule has 1 aromatic heterocycles. The summed E-state index contributed by atoms with van der Waals surface area (Å²) in [6.07, 6.45) is 0. The highest BCUT2D eigenvalue weighted by atomic mass is 16.7. The molecule has 3 aromatic rings. The number of aromatic nitrogens is 1. The first-order valence-corrected chi connectivity index (χ1v) is 11.9. The second kappa shape index (κ2) is 10.1. The van der Waals surface area contributed by atoms with E-state index in [-0.39, 0.29) is 24.4 Å². The van der Waals surface area contributed by atoms with Gasteiger partial charge in [-0.3, -0.25) is 14.6 Å². The summed E-state index contributed by atoms with van der Waals surface area (Å²) in [4.78, 5) is 33.2. The van der Waals surface area contributed by atoms with Gasteiger partial charge >= 0.3 is 5.97 Å². The van der Waals surface area contributed by atoms with E-state index in [2.05, 4.69) is 26.2 Å². The number of amides is 1. The van der Waals surface area contributed by atoms with Crippen molar-refractivity contribution in [2.24, 2.45) is 0 Å². The first-order valence-electron chi connectivity index (χ1n) is 11.9. The van der Waals surface area contributed by atoms with Gasteiger partial charge in [0, 0.05) is 44.2 Å². The zero-order chi connectivity index (χ0) is 25.2. The molecule has 1 fully saturated rings. The molecular weight excluding hydrogens is 464 g/mol. The fraction of sp³-hybridized carbons (Fsp3) is 0.385. The Kier molecular flexibility index (Phi) is 6.71. The van der Waals surface area contributed by atoms with Crippen molar-refractivity contribution in [2.75, 3.05) is 52.5 Å². The minimum atomic E-state index is -0.551. The van der Waals surface area contributed by atoms with Crippen LogP contribution in [0.1, 0.15) is 23.0 Å². The van der Waals surface area contributed by atoms with Gasteiger partial charge in [-0.15, -0.1) is 0 Å². The Bertz CT molecular complexity index is 1280. The normalized spacial score (nSPS) is 16.6. The molecule has 1 atom stereocenters. The number of nitrogens with one attached hydrogen (secondary N) is 2. The predicted octanol–water partition coefficient (Wildman–Crippen LogP) is 2.84. The lowest BCUT2D eigenvalue weighted by molar-refractivity contribution is -0.121. The molecule has 3 heterocycles. The number of nitrogens with zero attached hydrogens (tertiary/aromatic N) is 2. The number of aromatic amines is 1. The number of hydrogen-bond acceptors (Lipinski definition) is 8. The quantitative estimate of drug-likeness (QED) is 0.483. The van der Waals surface area contributed by atoms with Gasteiger partial charge < -0.3 is 29.2 Å². The van der Waals surface area contributed by atoms with Crippen LogP contribution >= 0.6 is 0 Å². The lowest BCUT2D eigenvalue weighted by atomic mass is 10.1. The van der Waals surface area contributed by atoms with Gasteiger partial charge in [0.05, 0.1) is 31.5 Å². The SMILES string of the molecule is COC(=O)c1[nH]c2cc(OC)ccc2c1NC(=O)[C@@H](C)N1CCN(Cc2ccc3c(c2)OCO3)CC1. The van der Waals surface area contributed by atoms with Crippen LogP contribution in [0, 0.1) is 0 Å². The molecule has 10 heteroatoms. The van der Waals surface area contributed by atoms with Crippen molar-refractivity contribution in [3.05, 3.63) is 47.7 Å². The second-order valence-electron chi connectivity index (χ2n) is 8.94. The molecule has 2 aromatic carbocycles. The Morgan fingerprint density at radius 2 is 1.83 bits per heavy atom. The number of fused-ring (bicyclic) bond motifs is 2. The van der Waals surface area contributed by atoms with Crippen LogP contribution in [0.4, 0.5) is 5.69 Å². The molecule has 0 spiro atoms. The Balaban J connectivity index is 1.23. The average Bonchev–Trinajstić information content (AvgIpc) is 3.52. The number of carbonyl (C=O) groups excluding carboxylic acids is 2. The molecule has 36 heavy (non-hydrogen) atoms. The summed E-state index contributed by atoms with van der Waals surface area (Å²) in [5.74, 6) is 1.49. The number of hydrogen-bond donors (Lipinski definition) is 2. The second-order valence-corrected chi connectivity index (χ2v) is 8.94. The van der Waals surface area contributed by atoms with Crippen LogP contribution in [0.5, 0.6) is 17.2 Å². The van der Waals surface area contributed by atoms with E-state index in [1.54, 1.807) is 19.2 Å². The van der Waals surface area contributed by atoms with Crippen molar-refractivity contribution in [2.45, 2.75) is 19.5 Å². The molecule has 2 aliphatic rings. The van der Waals surface area contributed by atoms with E-state index in [4.69, 9.17) is 18.9 Å². The number of anilines is 1. The maximum Gasteiger partial charge on any atom is 0.356 e. The van der Waals surface area contributed by atoms with Gasteiger partial charge in [-0.1, -0.05) is 6.07 Å². The average molecular weight is 495 g/mol. The Hall–Kier alpha value is -3.76. The summed E-state index contributed by atoms with van der Waals surface area (Å²) in [5, 5.41) is 3.68. The van der Waals surface area contributed by atoms with Crippen LogP contribution in [-0.4, -0.2) is 79.9 Å². The van der Waals surface area contributed by atoms with Gasteiger partial charge in [-0.25, -0.2) is 4.79 Å². The van der Waals surface area contributed by atoms with Crippen molar-refractivity contribution in [1.29, 1.82) is 0 Å².